The molecule has 31 heavy (non-hydrogen) atoms. The molecule has 0 atom stereocenters. The number of nitrogens with zero attached hydrogens (tertiary/aromatic N) is 1. The standard InChI is InChI=1S/C25H23N3O3/c1-30-22-14-13-21(15-23(22)31-2)28-25(29)20(16-26)17-27-24(18-9-5-3-6-10-18)19-11-7-4-8-12-19/h3-15,17,24,27H,1-2H3,(H,28,29)/b20-17-. The molecule has 0 unspecified atom stereocenters. The van der Waals surface area contributed by atoms with Gasteiger partial charge in [0.1, 0.15) is 11.6 Å². The van der Waals surface area contributed by atoms with Crippen LogP contribution in [0, 0.1) is 11.3 Å². The van der Waals surface area contributed by atoms with Crippen molar-refractivity contribution < 1.29 is 14.3 Å². The molecule has 2 N–H and O–H groups in total. The van der Waals surface area contributed by atoms with Gasteiger partial charge < -0.3 is 20.1 Å². The summed E-state index contributed by atoms with van der Waals surface area (Å²) in [6, 6.07) is 26.4. The van der Waals surface area contributed by atoms with Gasteiger partial charge in [-0.15, -0.1) is 0 Å². The van der Waals surface area contributed by atoms with Crippen molar-refractivity contribution in [3.05, 3.63) is 102 Å². The Hall–Kier alpha value is -4.24. The predicted molar refractivity (Wildman–Crippen MR) is 120 cm³/mol. The monoisotopic (exact) mass is 413 g/mol. The van der Waals surface area contributed by atoms with Gasteiger partial charge in [-0.05, 0) is 23.3 Å². The fourth-order valence-corrected chi connectivity index (χ4v) is 3.10. The Morgan fingerprint density at radius 1 is 0.903 bits per heavy atom. The molecule has 1 amide bonds. The molecule has 6 heteroatoms. The van der Waals surface area contributed by atoms with Crippen molar-refractivity contribution in [1.29, 1.82) is 5.26 Å². The summed E-state index contributed by atoms with van der Waals surface area (Å²) in [5.41, 5.74) is 2.48. The van der Waals surface area contributed by atoms with Crippen molar-refractivity contribution in [2.24, 2.45) is 0 Å². The van der Waals surface area contributed by atoms with Gasteiger partial charge in [-0.1, -0.05) is 60.7 Å². The first-order valence-corrected chi connectivity index (χ1v) is 9.66. The topological polar surface area (TPSA) is 83.4 Å². The molecule has 0 radical (unpaired) electrons. The maximum atomic E-state index is 12.7. The van der Waals surface area contributed by atoms with E-state index in [-0.39, 0.29) is 11.6 Å². The molecule has 0 saturated carbocycles. The molecule has 0 fully saturated rings. The number of hydrogen-bond donors (Lipinski definition) is 2. The van der Waals surface area contributed by atoms with E-state index in [0.29, 0.717) is 17.2 Å². The zero-order valence-electron chi connectivity index (χ0n) is 17.3. The number of nitriles is 1. The van der Waals surface area contributed by atoms with Crippen LogP contribution >= 0.6 is 0 Å². The number of rotatable bonds is 8. The summed E-state index contributed by atoms with van der Waals surface area (Å²) < 4.78 is 10.5. The molecule has 3 aromatic rings. The third-order valence-electron chi connectivity index (χ3n) is 4.67. The summed E-state index contributed by atoms with van der Waals surface area (Å²) in [7, 11) is 3.05. The highest BCUT2D eigenvalue weighted by atomic mass is 16.5. The van der Waals surface area contributed by atoms with Gasteiger partial charge in [-0.2, -0.15) is 5.26 Å². The van der Waals surface area contributed by atoms with Crippen molar-refractivity contribution in [3.63, 3.8) is 0 Å². The summed E-state index contributed by atoms with van der Waals surface area (Å²) >= 11 is 0. The molecule has 0 aliphatic heterocycles. The van der Waals surface area contributed by atoms with Crippen LogP contribution < -0.4 is 20.1 Å². The molecule has 0 bridgehead atoms. The Bertz CT molecular complexity index is 1050. The maximum Gasteiger partial charge on any atom is 0.267 e. The number of hydrogen-bond acceptors (Lipinski definition) is 5. The lowest BCUT2D eigenvalue weighted by Gasteiger charge is -2.19. The van der Waals surface area contributed by atoms with E-state index in [4.69, 9.17) is 9.47 Å². The second kappa shape index (κ2) is 10.5. The van der Waals surface area contributed by atoms with E-state index < -0.39 is 5.91 Å². The molecule has 0 spiro atoms. The molecular weight excluding hydrogens is 390 g/mol. The van der Waals surface area contributed by atoms with Crippen LogP contribution in [0.5, 0.6) is 11.5 Å². The second-order valence-corrected chi connectivity index (χ2v) is 6.61. The smallest absolute Gasteiger partial charge is 0.267 e. The molecule has 0 aliphatic carbocycles. The van der Waals surface area contributed by atoms with Crippen molar-refractivity contribution in [1.82, 2.24) is 5.32 Å². The van der Waals surface area contributed by atoms with E-state index in [1.165, 1.54) is 20.4 Å². The van der Waals surface area contributed by atoms with E-state index in [1.807, 2.05) is 66.7 Å². The average molecular weight is 413 g/mol. The highest BCUT2D eigenvalue weighted by molar-refractivity contribution is 6.06. The minimum Gasteiger partial charge on any atom is -0.493 e. The third-order valence-corrected chi connectivity index (χ3v) is 4.67. The Morgan fingerprint density at radius 3 is 2.00 bits per heavy atom. The number of amides is 1. The van der Waals surface area contributed by atoms with Gasteiger partial charge in [0, 0.05) is 18.0 Å². The summed E-state index contributed by atoms with van der Waals surface area (Å²) in [6.07, 6.45) is 1.45. The van der Waals surface area contributed by atoms with Gasteiger partial charge in [-0.25, -0.2) is 0 Å². The van der Waals surface area contributed by atoms with Crippen molar-refractivity contribution >= 4 is 11.6 Å². The molecule has 0 aliphatic rings. The minimum absolute atomic E-state index is 0.0494. The Morgan fingerprint density at radius 2 is 1.48 bits per heavy atom. The number of methoxy groups -OCH3 is 2. The highest BCUT2D eigenvalue weighted by Gasteiger charge is 2.15. The molecule has 0 aromatic heterocycles. The molecule has 0 saturated heterocycles. The van der Waals surface area contributed by atoms with E-state index in [9.17, 15) is 10.1 Å². The lowest BCUT2D eigenvalue weighted by Crippen LogP contribution is -2.21. The first kappa shape index (κ1) is 21.5. The van der Waals surface area contributed by atoms with Crippen molar-refractivity contribution in [2.75, 3.05) is 19.5 Å². The third kappa shape index (κ3) is 5.43. The number of benzene rings is 3. The number of ether oxygens (including phenoxy) is 2. The Labute approximate surface area is 181 Å². The number of nitrogens with one attached hydrogen (secondary N) is 2. The normalized spacial score (nSPS) is 10.8. The van der Waals surface area contributed by atoms with Crippen molar-refractivity contribution in [3.8, 4) is 17.6 Å². The fourth-order valence-electron chi connectivity index (χ4n) is 3.10. The van der Waals surface area contributed by atoms with Crippen LogP contribution in [0.1, 0.15) is 17.2 Å². The number of anilines is 1. The summed E-state index contributed by atoms with van der Waals surface area (Å²) in [5, 5.41) is 15.5. The van der Waals surface area contributed by atoms with Crippen molar-refractivity contribution in [2.45, 2.75) is 6.04 Å². The van der Waals surface area contributed by atoms with E-state index in [1.54, 1.807) is 18.2 Å². The van der Waals surface area contributed by atoms with E-state index >= 15 is 0 Å². The molecule has 6 nitrogen and oxygen atoms in total. The van der Waals surface area contributed by atoms with Crippen LogP contribution in [-0.4, -0.2) is 20.1 Å². The zero-order valence-corrected chi connectivity index (χ0v) is 17.3. The quantitative estimate of drug-likeness (QED) is 0.422. The van der Waals surface area contributed by atoms with Gasteiger partial charge in [0.25, 0.3) is 5.91 Å². The van der Waals surface area contributed by atoms with Gasteiger partial charge in [-0.3, -0.25) is 4.79 Å². The largest absolute Gasteiger partial charge is 0.493 e. The van der Waals surface area contributed by atoms with Crippen LogP contribution in [0.25, 0.3) is 0 Å². The van der Waals surface area contributed by atoms with Gasteiger partial charge in [0.2, 0.25) is 0 Å². The van der Waals surface area contributed by atoms with Crippen LogP contribution in [-0.2, 0) is 4.79 Å². The summed E-state index contributed by atoms with van der Waals surface area (Å²) in [4.78, 5) is 12.7. The average Bonchev–Trinajstić information content (AvgIpc) is 2.83. The maximum absolute atomic E-state index is 12.7. The second-order valence-electron chi connectivity index (χ2n) is 6.61. The molecule has 3 rings (SSSR count). The SMILES string of the molecule is COc1ccc(NC(=O)/C(C#N)=C\NC(c2ccccc2)c2ccccc2)cc1OC. The lowest BCUT2D eigenvalue weighted by molar-refractivity contribution is -0.112. The first-order chi connectivity index (χ1) is 15.2. The summed E-state index contributed by atoms with van der Waals surface area (Å²) in [5.74, 6) is 0.503. The van der Waals surface area contributed by atoms with Crippen LogP contribution in [0.2, 0.25) is 0 Å². The first-order valence-electron chi connectivity index (χ1n) is 9.66. The zero-order chi connectivity index (χ0) is 22.1. The van der Waals surface area contributed by atoms with Gasteiger partial charge in [0.15, 0.2) is 11.5 Å². The number of carbonyl (C=O) groups is 1. The minimum atomic E-state index is -0.526. The molecule has 3 aromatic carbocycles. The molecule has 156 valence electrons. The lowest BCUT2D eigenvalue weighted by atomic mass is 9.99. The number of carbonyl (C=O) groups excluding carboxylic acids is 1. The Balaban J connectivity index is 1.81. The predicted octanol–water partition coefficient (Wildman–Crippen LogP) is 4.43. The van der Waals surface area contributed by atoms with Crippen LogP contribution in [0.4, 0.5) is 5.69 Å². The van der Waals surface area contributed by atoms with Gasteiger partial charge in [0.05, 0.1) is 20.3 Å². The van der Waals surface area contributed by atoms with Crippen LogP contribution in [0.3, 0.4) is 0 Å². The van der Waals surface area contributed by atoms with Crippen LogP contribution in [0.15, 0.2) is 90.6 Å². The van der Waals surface area contributed by atoms with E-state index in [2.05, 4.69) is 10.6 Å². The van der Waals surface area contributed by atoms with Gasteiger partial charge >= 0.3 is 0 Å². The fraction of sp³-hybridized carbons (Fsp3) is 0.120. The Kier molecular flexibility index (Phi) is 7.28. The highest BCUT2D eigenvalue weighted by Crippen LogP contribution is 2.30. The summed E-state index contributed by atoms with van der Waals surface area (Å²) in [6.45, 7) is 0. The van der Waals surface area contributed by atoms with E-state index in [0.717, 1.165) is 11.1 Å². The molecule has 0 heterocycles. The molecular formula is C25H23N3O3.